The maximum Gasteiger partial charge on any atom is 0.271 e. The van der Waals surface area contributed by atoms with Crippen molar-refractivity contribution in [3.05, 3.63) is 55.2 Å². The van der Waals surface area contributed by atoms with Crippen LogP contribution in [0.2, 0.25) is 5.02 Å². The summed E-state index contributed by atoms with van der Waals surface area (Å²) < 4.78 is 0. The highest BCUT2D eigenvalue weighted by Gasteiger charge is 2.13. The molecule has 8 heteroatoms. The van der Waals surface area contributed by atoms with Gasteiger partial charge in [0, 0.05) is 24.1 Å². The van der Waals surface area contributed by atoms with Crippen LogP contribution in [0.25, 0.3) is 0 Å². The van der Waals surface area contributed by atoms with E-state index in [0.29, 0.717) is 22.4 Å². The standard InChI is InChI=1S/C14H14ClN3O2S2/c1-9-5-6-22-13(9)8-17(2)14(21)16-12-7-10(18(19)20)3-4-11(12)15/h3-7H,8H2,1-2H3,(H,16,21). The van der Waals surface area contributed by atoms with Gasteiger partial charge in [-0.1, -0.05) is 11.6 Å². The van der Waals surface area contributed by atoms with Crippen LogP contribution in [0.1, 0.15) is 10.4 Å². The van der Waals surface area contributed by atoms with Gasteiger partial charge in [-0.25, -0.2) is 0 Å². The quantitative estimate of drug-likeness (QED) is 0.499. The van der Waals surface area contributed by atoms with Gasteiger partial charge in [-0.15, -0.1) is 11.3 Å². The van der Waals surface area contributed by atoms with Gasteiger partial charge in [-0.05, 0) is 42.2 Å². The van der Waals surface area contributed by atoms with E-state index in [4.69, 9.17) is 23.8 Å². The first-order valence-corrected chi connectivity index (χ1v) is 8.04. The van der Waals surface area contributed by atoms with E-state index < -0.39 is 4.92 Å². The van der Waals surface area contributed by atoms with E-state index >= 15 is 0 Å². The van der Waals surface area contributed by atoms with Crippen LogP contribution in [0.4, 0.5) is 11.4 Å². The first-order chi connectivity index (χ1) is 10.4. The molecule has 1 N–H and O–H groups in total. The monoisotopic (exact) mass is 355 g/mol. The van der Waals surface area contributed by atoms with Gasteiger partial charge in [0.05, 0.1) is 22.2 Å². The van der Waals surface area contributed by atoms with Crippen LogP contribution in [0, 0.1) is 17.0 Å². The molecular weight excluding hydrogens is 342 g/mol. The Kier molecular flexibility index (Phi) is 5.33. The Morgan fingerprint density at radius 3 is 2.82 bits per heavy atom. The van der Waals surface area contributed by atoms with E-state index in [1.807, 2.05) is 24.3 Å². The number of aryl methyl sites for hydroxylation is 1. The number of nitro groups is 1. The predicted molar refractivity (Wildman–Crippen MR) is 94.9 cm³/mol. The third-order valence-electron chi connectivity index (χ3n) is 3.10. The molecule has 0 amide bonds. The lowest BCUT2D eigenvalue weighted by molar-refractivity contribution is -0.384. The summed E-state index contributed by atoms with van der Waals surface area (Å²) in [6.45, 7) is 2.72. The Morgan fingerprint density at radius 2 is 2.23 bits per heavy atom. The minimum atomic E-state index is -0.469. The normalized spacial score (nSPS) is 10.3. The van der Waals surface area contributed by atoms with E-state index in [1.165, 1.54) is 28.6 Å². The van der Waals surface area contributed by atoms with Crippen molar-refractivity contribution in [3.8, 4) is 0 Å². The van der Waals surface area contributed by atoms with Crippen molar-refractivity contribution in [3.63, 3.8) is 0 Å². The maximum atomic E-state index is 10.8. The number of nitrogens with zero attached hydrogens (tertiary/aromatic N) is 2. The van der Waals surface area contributed by atoms with Crippen molar-refractivity contribution in [2.24, 2.45) is 0 Å². The second-order valence-electron chi connectivity index (χ2n) is 4.73. The molecule has 0 saturated carbocycles. The van der Waals surface area contributed by atoms with Crippen LogP contribution in [-0.4, -0.2) is 22.0 Å². The minimum Gasteiger partial charge on any atom is -0.347 e. The number of halogens is 1. The molecule has 0 fully saturated rings. The van der Waals surface area contributed by atoms with Gasteiger partial charge in [0.1, 0.15) is 0 Å². The molecule has 0 atom stereocenters. The lowest BCUT2D eigenvalue weighted by Gasteiger charge is -2.21. The molecule has 0 saturated heterocycles. The Labute approximate surface area is 142 Å². The maximum absolute atomic E-state index is 10.8. The Balaban J connectivity index is 2.09. The highest BCUT2D eigenvalue weighted by atomic mass is 35.5. The first-order valence-electron chi connectivity index (χ1n) is 6.37. The summed E-state index contributed by atoms with van der Waals surface area (Å²) in [5.74, 6) is 0. The SMILES string of the molecule is Cc1ccsc1CN(C)C(=S)Nc1cc([N+](=O)[O-])ccc1Cl. The number of anilines is 1. The Bertz CT molecular complexity index is 718. The topological polar surface area (TPSA) is 58.4 Å². The van der Waals surface area contributed by atoms with Crippen molar-refractivity contribution < 1.29 is 4.92 Å². The number of hydrogen-bond donors (Lipinski definition) is 1. The summed E-state index contributed by atoms with van der Waals surface area (Å²) in [6.07, 6.45) is 0. The van der Waals surface area contributed by atoms with Gasteiger partial charge in [-0.3, -0.25) is 10.1 Å². The number of benzene rings is 1. The lowest BCUT2D eigenvalue weighted by atomic mass is 10.3. The number of nitrogens with one attached hydrogen (secondary N) is 1. The van der Waals surface area contributed by atoms with Crippen molar-refractivity contribution in [1.82, 2.24) is 4.90 Å². The number of hydrogen-bond acceptors (Lipinski definition) is 4. The van der Waals surface area contributed by atoms with E-state index in [-0.39, 0.29) is 5.69 Å². The third kappa shape index (κ3) is 3.94. The third-order valence-corrected chi connectivity index (χ3v) is 4.85. The molecule has 0 bridgehead atoms. The number of non-ortho nitro benzene ring substituents is 1. The molecule has 2 rings (SSSR count). The van der Waals surface area contributed by atoms with Gasteiger partial charge in [-0.2, -0.15) is 0 Å². The molecule has 0 unspecified atom stereocenters. The van der Waals surface area contributed by atoms with Crippen molar-refractivity contribution >= 4 is 51.6 Å². The number of thiocarbonyl (C=S) groups is 1. The fraction of sp³-hybridized carbons (Fsp3) is 0.214. The Hall–Kier alpha value is -1.70. The number of thiophene rings is 1. The van der Waals surface area contributed by atoms with Crippen LogP contribution in [0.5, 0.6) is 0 Å². The molecule has 0 radical (unpaired) electrons. The minimum absolute atomic E-state index is 0.0357. The second kappa shape index (κ2) is 7.04. The molecule has 1 heterocycles. The Morgan fingerprint density at radius 1 is 1.50 bits per heavy atom. The summed E-state index contributed by atoms with van der Waals surface area (Å²) in [5, 5.41) is 16.7. The summed E-state index contributed by atoms with van der Waals surface area (Å²) in [7, 11) is 1.86. The van der Waals surface area contributed by atoms with E-state index in [9.17, 15) is 10.1 Å². The first kappa shape index (κ1) is 16.7. The van der Waals surface area contributed by atoms with Crippen LogP contribution in [0.15, 0.2) is 29.6 Å². The number of nitro benzene ring substituents is 1. The molecule has 2 aromatic rings. The van der Waals surface area contributed by atoms with E-state index in [1.54, 1.807) is 11.3 Å². The summed E-state index contributed by atoms with van der Waals surface area (Å²) in [4.78, 5) is 13.4. The molecule has 5 nitrogen and oxygen atoms in total. The highest BCUT2D eigenvalue weighted by molar-refractivity contribution is 7.80. The second-order valence-corrected chi connectivity index (χ2v) is 6.53. The van der Waals surface area contributed by atoms with Crippen molar-refractivity contribution in [2.75, 3.05) is 12.4 Å². The molecule has 116 valence electrons. The fourth-order valence-electron chi connectivity index (χ4n) is 1.79. The van der Waals surface area contributed by atoms with Crippen LogP contribution in [0.3, 0.4) is 0 Å². The van der Waals surface area contributed by atoms with Crippen molar-refractivity contribution in [1.29, 1.82) is 0 Å². The molecule has 0 aliphatic rings. The van der Waals surface area contributed by atoms with E-state index in [2.05, 4.69) is 11.4 Å². The van der Waals surface area contributed by atoms with Gasteiger partial charge < -0.3 is 10.2 Å². The summed E-state index contributed by atoms with van der Waals surface area (Å²) in [6, 6.07) is 6.27. The zero-order chi connectivity index (χ0) is 16.3. The number of rotatable bonds is 4. The molecule has 0 aliphatic heterocycles. The van der Waals surface area contributed by atoms with Crippen LogP contribution >= 0.6 is 35.2 Å². The molecule has 1 aromatic carbocycles. The highest BCUT2D eigenvalue weighted by Crippen LogP contribution is 2.27. The zero-order valence-electron chi connectivity index (χ0n) is 12.0. The van der Waals surface area contributed by atoms with Crippen molar-refractivity contribution in [2.45, 2.75) is 13.5 Å². The fourth-order valence-corrected chi connectivity index (χ4v) is 3.08. The lowest BCUT2D eigenvalue weighted by Crippen LogP contribution is -2.30. The van der Waals surface area contributed by atoms with Crippen LogP contribution in [-0.2, 0) is 6.54 Å². The van der Waals surface area contributed by atoms with Gasteiger partial charge in [0.25, 0.3) is 5.69 Å². The predicted octanol–water partition coefficient (Wildman–Crippen LogP) is 4.45. The average molecular weight is 356 g/mol. The average Bonchev–Trinajstić information content (AvgIpc) is 2.86. The molecule has 0 spiro atoms. The smallest absolute Gasteiger partial charge is 0.271 e. The summed E-state index contributed by atoms with van der Waals surface area (Å²) in [5.41, 5.74) is 1.61. The summed E-state index contributed by atoms with van der Waals surface area (Å²) >= 11 is 13.1. The molecule has 1 aromatic heterocycles. The molecular formula is C14H14ClN3O2S2. The largest absolute Gasteiger partial charge is 0.347 e. The van der Waals surface area contributed by atoms with Gasteiger partial charge in [0.15, 0.2) is 5.11 Å². The van der Waals surface area contributed by atoms with Gasteiger partial charge in [0.2, 0.25) is 0 Å². The zero-order valence-corrected chi connectivity index (χ0v) is 14.4. The van der Waals surface area contributed by atoms with Crippen LogP contribution < -0.4 is 5.32 Å². The van der Waals surface area contributed by atoms with E-state index in [0.717, 1.165) is 0 Å². The molecule has 22 heavy (non-hydrogen) atoms. The molecule has 0 aliphatic carbocycles. The van der Waals surface area contributed by atoms with Gasteiger partial charge >= 0.3 is 0 Å².